The smallest absolute Gasteiger partial charge is 0.410 e. The minimum absolute atomic E-state index is 0.150. The Morgan fingerprint density at radius 2 is 2.00 bits per heavy atom. The molecule has 110 valence electrons. The van der Waals surface area contributed by atoms with Crippen LogP contribution in [0.3, 0.4) is 0 Å². The molecule has 0 radical (unpaired) electrons. The van der Waals surface area contributed by atoms with Crippen molar-refractivity contribution in [2.75, 3.05) is 7.05 Å². The lowest BCUT2D eigenvalue weighted by molar-refractivity contribution is -0.112. The number of likely N-dealkylation sites (N-methyl/N-ethyl adjacent to an activating group) is 1. The highest BCUT2D eigenvalue weighted by atomic mass is 35.5. The molecule has 0 bridgehead atoms. The number of halogens is 2. The second-order valence-corrected chi connectivity index (χ2v) is 6.03. The number of ether oxygens (including phenoxy) is 1. The van der Waals surface area contributed by atoms with Gasteiger partial charge in [-0.05, 0) is 32.9 Å². The topological polar surface area (TPSA) is 59.5 Å². The van der Waals surface area contributed by atoms with Crippen LogP contribution in [0.2, 0.25) is 10.2 Å². The molecule has 0 aliphatic heterocycles. The van der Waals surface area contributed by atoms with E-state index in [0.717, 1.165) is 4.90 Å². The van der Waals surface area contributed by atoms with Crippen molar-refractivity contribution in [1.82, 2.24) is 9.88 Å². The van der Waals surface area contributed by atoms with Crippen molar-refractivity contribution < 1.29 is 14.3 Å². The van der Waals surface area contributed by atoms with E-state index in [0.29, 0.717) is 11.3 Å². The Morgan fingerprint density at radius 1 is 1.40 bits per heavy atom. The second-order valence-electron chi connectivity index (χ2n) is 5.21. The summed E-state index contributed by atoms with van der Waals surface area (Å²) in [6.07, 6.45) is -0.0497. The zero-order valence-electron chi connectivity index (χ0n) is 11.7. The highest BCUT2D eigenvalue weighted by Crippen LogP contribution is 2.23. The van der Waals surface area contributed by atoms with Gasteiger partial charge in [-0.15, -0.1) is 0 Å². The molecule has 0 aliphatic rings. The van der Waals surface area contributed by atoms with Crippen molar-refractivity contribution in [3.05, 3.63) is 28.0 Å². The van der Waals surface area contributed by atoms with Crippen LogP contribution >= 0.6 is 23.2 Å². The van der Waals surface area contributed by atoms with Crippen LogP contribution in [0, 0.1) is 0 Å². The minimum atomic E-state index is -0.916. The lowest BCUT2D eigenvalue weighted by atomic mass is 10.2. The average molecular weight is 319 g/mol. The molecular weight excluding hydrogens is 303 g/mol. The van der Waals surface area contributed by atoms with E-state index in [1.54, 1.807) is 20.8 Å². The predicted octanol–water partition coefficient (Wildman–Crippen LogP) is 3.50. The first-order valence-corrected chi connectivity index (χ1v) is 6.63. The summed E-state index contributed by atoms with van der Waals surface area (Å²) in [4.78, 5) is 28.4. The molecule has 0 fully saturated rings. The molecule has 7 heteroatoms. The largest absolute Gasteiger partial charge is 0.444 e. The van der Waals surface area contributed by atoms with Crippen molar-refractivity contribution in [3.63, 3.8) is 0 Å². The molecule has 0 aromatic carbocycles. The highest BCUT2D eigenvalue weighted by Gasteiger charge is 2.27. The van der Waals surface area contributed by atoms with E-state index >= 15 is 0 Å². The van der Waals surface area contributed by atoms with Crippen LogP contribution in [0.25, 0.3) is 0 Å². The number of rotatable bonds is 3. The molecule has 1 atom stereocenters. The van der Waals surface area contributed by atoms with Gasteiger partial charge < -0.3 is 9.53 Å². The van der Waals surface area contributed by atoms with Crippen LogP contribution in [0.5, 0.6) is 0 Å². The molecule has 1 rings (SSSR count). The van der Waals surface area contributed by atoms with E-state index in [1.807, 2.05) is 0 Å². The molecule has 0 saturated heterocycles. The monoisotopic (exact) mass is 318 g/mol. The number of carbonyl (C=O) groups excluding carboxylic acids is 2. The van der Waals surface area contributed by atoms with E-state index in [9.17, 15) is 9.59 Å². The Bertz CT molecular complexity index is 495. The number of amides is 1. The zero-order chi connectivity index (χ0) is 15.5. The molecule has 0 spiro atoms. The number of aromatic nitrogens is 1. The Morgan fingerprint density at radius 3 is 2.45 bits per heavy atom. The average Bonchev–Trinajstić information content (AvgIpc) is 2.26. The van der Waals surface area contributed by atoms with Gasteiger partial charge in [0.1, 0.15) is 23.1 Å². The Kier molecular flexibility index (Phi) is 5.36. The lowest BCUT2D eigenvalue weighted by Gasteiger charge is -2.27. The summed E-state index contributed by atoms with van der Waals surface area (Å²) < 4.78 is 5.20. The first-order chi connectivity index (χ1) is 9.14. The molecule has 1 amide bonds. The quantitative estimate of drug-likeness (QED) is 0.632. The maximum Gasteiger partial charge on any atom is 0.410 e. The molecule has 1 heterocycles. The highest BCUT2D eigenvalue weighted by molar-refractivity contribution is 6.33. The summed E-state index contributed by atoms with van der Waals surface area (Å²) in [6.45, 7) is 5.22. The van der Waals surface area contributed by atoms with Crippen molar-refractivity contribution in [3.8, 4) is 0 Å². The van der Waals surface area contributed by atoms with Crippen molar-refractivity contribution in [1.29, 1.82) is 0 Å². The second kappa shape index (κ2) is 6.41. The third kappa shape index (κ3) is 4.65. The van der Waals surface area contributed by atoms with Crippen molar-refractivity contribution in [2.24, 2.45) is 0 Å². The van der Waals surface area contributed by atoms with Gasteiger partial charge in [-0.2, -0.15) is 0 Å². The molecule has 20 heavy (non-hydrogen) atoms. The summed E-state index contributed by atoms with van der Waals surface area (Å²) in [5.41, 5.74) is -0.371. The molecule has 1 aromatic heterocycles. The van der Waals surface area contributed by atoms with Gasteiger partial charge in [0.05, 0.1) is 5.69 Å². The van der Waals surface area contributed by atoms with Gasteiger partial charge in [0.15, 0.2) is 0 Å². The van der Waals surface area contributed by atoms with Gasteiger partial charge >= 0.3 is 6.09 Å². The maximum absolute atomic E-state index is 12.0. The minimum Gasteiger partial charge on any atom is -0.444 e. The van der Waals surface area contributed by atoms with E-state index < -0.39 is 17.7 Å². The first kappa shape index (κ1) is 16.7. The Balaban J connectivity index is 3.00. The maximum atomic E-state index is 12.0. The van der Waals surface area contributed by atoms with Crippen LogP contribution in [0.15, 0.2) is 12.1 Å². The summed E-state index contributed by atoms with van der Waals surface area (Å²) >= 11 is 11.7. The SMILES string of the molecule is CN(C(=O)OC(C)(C)C)C(C=O)c1cc(Cl)cc(Cl)n1. The number of nitrogens with zero attached hydrogens (tertiary/aromatic N) is 2. The van der Waals surface area contributed by atoms with Gasteiger partial charge in [0, 0.05) is 12.1 Å². The first-order valence-electron chi connectivity index (χ1n) is 5.88. The van der Waals surface area contributed by atoms with E-state index in [4.69, 9.17) is 27.9 Å². The zero-order valence-corrected chi connectivity index (χ0v) is 13.2. The lowest BCUT2D eigenvalue weighted by Crippen LogP contribution is -2.37. The Hall–Kier alpha value is -1.33. The van der Waals surface area contributed by atoms with E-state index in [2.05, 4.69) is 4.98 Å². The molecule has 5 nitrogen and oxygen atoms in total. The normalized spacial score (nSPS) is 12.7. The fourth-order valence-electron chi connectivity index (χ4n) is 1.44. The standard InChI is InChI=1S/C13H16Cl2N2O3/c1-13(2,3)20-12(19)17(4)10(7-18)9-5-8(14)6-11(15)16-9/h5-7,10H,1-4H3. The molecular formula is C13H16Cl2N2O3. The third-order valence-corrected chi connectivity index (χ3v) is 2.72. The fourth-order valence-corrected chi connectivity index (χ4v) is 1.93. The summed E-state index contributed by atoms with van der Waals surface area (Å²) in [7, 11) is 1.45. The molecule has 0 aliphatic carbocycles. The predicted molar refractivity (Wildman–Crippen MR) is 77.1 cm³/mol. The summed E-state index contributed by atoms with van der Waals surface area (Å²) in [5, 5.41) is 0.487. The Labute approximate surface area is 127 Å². The summed E-state index contributed by atoms with van der Waals surface area (Å²) in [5.74, 6) is 0. The van der Waals surface area contributed by atoms with Crippen molar-refractivity contribution in [2.45, 2.75) is 32.4 Å². The van der Waals surface area contributed by atoms with Crippen LogP contribution in [-0.2, 0) is 9.53 Å². The van der Waals surface area contributed by atoms with E-state index in [-0.39, 0.29) is 10.8 Å². The molecule has 1 unspecified atom stereocenters. The van der Waals surface area contributed by atoms with Crippen LogP contribution in [0.4, 0.5) is 4.79 Å². The number of hydrogen-bond acceptors (Lipinski definition) is 4. The number of pyridine rings is 1. The van der Waals surface area contributed by atoms with Crippen LogP contribution in [0.1, 0.15) is 32.5 Å². The van der Waals surface area contributed by atoms with Gasteiger partial charge in [-0.3, -0.25) is 4.90 Å². The van der Waals surface area contributed by atoms with Crippen LogP contribution in [-0.4, -0.2) is 34.9 Å². The third-order valence-electron chi connectivity index (χ3n) is 2.31. The molecule has 0 N–H and O–H groups in total. The molecule has 1 aromatic rings. The van der Waals surface area contributed by atoms with Gasteiger partial charge in [0.2, 0.25) is 0 Å². The number of hydrogen-bond donors (Lipinski definition) is 0. The van der Waals surface area contributed by atoms with Gasteiger partial charge in [-0.25, -0.2) is 9.78 Å². The van der Waals surface area contributed by atoms with Gasteiger partial charge in [0.25, 0.3) is 0 Å². The fraction of sp³-hybridized carbons (Fsp3) is 0.462. The van der Waals surface area contributed by atoms with Crippen LogP contribution < -0.4 is 0 Å². The van der Waals surface area contributed by atoms with Crippen molar-refractivity contribution >= 4 is 35.6 Å². The number of carbonyl (C=O) groups is 2. The summed E-state index contributed by atoms with van der Waals surface area (Å²) in [6, 6.07) is 2.01. The van der Waals surface area contributed by atoms with Gasteiger partial charge in [-0.1, -0.05) is 23.2 Å². The van der Waals surface area contributed by atoms with E-state index in [1.165, 1.54) is 19.2 Å². The molecule has 0 saturated carbocycles. The number of aldehydes is 1.